The standard InChI is InChI=1S/C12H8F10S2/c13-23(14,15,16,17)11-6-10(9-4-2-1-3-5-9)7-12(8-11)24(18,19,20,21)22/h1-8H. The lowest BCUT2D eigenvalue weighted by Gasteiger charge is -2.44. The summed E-state index contributed by atoms with van der Waals surface area (Å²) < 4.78 is 129. The van der Waals surface area contributed by atoms with Crippen molar-refractivity contribution < 1.29 is 38.9 Å². The van der Waals surface area contributed by atoms with Crippen LogP contribution in [0.3, 0.4) is 0 Å². The highest BCUT2D eigenvalue weighted by molar-refractivity contribution is 8.46. The molecule has 0 unspecified atom stereocenters. The molecule has 2 rings (SSSR count). The fourth-order valence-corrected chi connectivity index (χ4v) is 3.29. The molecule has 0 fully saturated rings. The SMILES string of the molecule is FS(F)(F)(F)(F)c1cc(-c2ccccc2)cc(S(F)(F)(F)(F)F)c1. The molecule has 0 aromatic heterocycles. The van der Waals surface area contributed by atoms with Crippen molar-refractivity contribution in [3.05, 3.63) is 48.5 Å². The molecule has 0 bridgehead atoms. The Kier molecular flexibility index (Phi) is 2.99. The highest BCUT2D eigenvalue weighted by Crippen LogP contribution is 3.05. The Morgan fingerprint density at radius 2 is 0.833 bits per heavy atom. The van der Waals surface area contributed by atoms with Crippen LogP contribution in [0.2, 0.25) is 0 Å². The Labute approximate surface area is 129 Å². The molecule has 2 aromatic rings. The van der Waals surface area contributed by atoms with Crippen molar-refractivity contribution in [3.63, 3.8) is 0 Å². The van der Waals surface area contributed by atoms with Crippen LogP contribution in [0.1, 0.15) is 0 Å². The molecule has 138 valence electrons. The van der Waals surface area contributed by atoms with Gasteiger partial charge in [0, 0.05) is 0 Å². The zero-order valence-electron chi connectivity index (χ0n) is 11.2. The van der Waals surface area contributed by atoms with Crippen molar-refractivity contribution in [2.75, 3.05) is 0 Å². The van der Waals surface area contributed by atoms with E-state index in [9.17, 15) is 38.9 Å². The van der Waals surface area contributed by atoms with Gasteiger partial charge in [-0.2, -0.15) is 0 Å². The summed E-state index contributed by atoms with van der Waals surface area (Å²) >= 11 is 0. The highest BCUT2D eigenvalue weighted by Gasteiger charge is 2.69. The molecule has 0 heterocycles. The summed E-state index contributed by atoms with van der Waals surface area (Å²) in [6, 6.07) is 3.95. The van der Waals surface area contributed by atoms with Crippen LogP contribution in [0.15, 0.2) is 58.3 Å². The zero-order valence-corrected chi connectivity index (χ0v) is 12.8. The summed E-state index contributed by atoms with van der Waals surface area (Å²) in [5, 5.41) is 0. The maximum atomic E-state index is 12.9. The maximum Gasteiger partial charge on any atom is 0.310 e. The van der Waals surface area contributed by atoms with Gasteiger partial charge in [0.15, 0.2) is 0 Å². The van der Waals surface area contributed by atoms with Gasteiger partial charge in [0.05, 0.1) is 0 Å². The fraction of sp³-hybridized carbons (Fsp3) is 0. The Morgan fingerprint density at radius 1 is 0.458 bits per heavy atom. The van der Waals surface area contributed by atoms with E-state index >= 15 is 0 Å². The first-order valence-corrected chi connectivity index (χ1v) is 9.75. The molecule has 0 nitrogen and oxygen atoms in total. The summed E-state index contributed by atoms with van der Waals surface area (Å²) in [5.41, 5.74) is -1.41. The van der Waals surface area contributed by atoms with Gasteiger partial charge in [-0.15, -0.1) is 0 Å². The van der Waals surface area contributed by atoms with Gasteiger partial charge in [-0.3, -0.25) is 0 Å². The molecule has 0 saturated carbocycles. The van der Waals surface area contributed by atoms with Crippen molar-refractivity contribution in [2.24, 2.45) is 0 Å². The molecule has 0 amide bonds. The number of benzene rings is 2. The quantitative estimate of drug-likeness (QED) is 0.447. The largest absolute Gasteiger partial charge is 0.310 e. The van der Waals surface area contributed by atoms with Crippen LogP contribution < -0.4 is 0 Å². The van der Waals surface area contributed by atoms with Gasteiger partial charge in [-0.05, 0) is 29.3 Å². The molecule has 24 heavy (non-hydrogen) atoms. The molecule has 0 aliphatic rings. The number of rotatable bonds is 3. The summed E-state index contributed by atoms with van der Waals surface area (Å²) in [5.74, 6) is 0. The molecular formula is C12H8F10S2. The molecule has 12 heteroatoms. The summed E-state index contributed by atoms with van der Waals surface area (Å²) in [6.07, 6.45) is 0. The minimum atomic E-state index is -10.6. The molecule has 2 aromatic carbocycles. The van der Waals surface area contributed by atoms with E-state index in [4.69, 9.17) is 0 Å². The van der Waals surface area contributed by atoms with Gasteiger partial charge in [0.1, 0.15) is 9.79 Å². The van der Waals surface area contributed by atoms with Gasteiger partial charge >= 0.3 is 20.4 Å². The van der Waals surface area contributed by atoms with Crippen LogP contribution in [0.5, 0.6) is 0 Å². The molecule has 0 atom stereocenters. The molecule has 0 spiro atoms. The third-order valence-electron chi connectivity index (χ3n) is 2.88. The van der Waals surface area contributed by atoms with Crippen LogP contribution >= 0.6 is 20.4 Å². The minimum Gasteiger partial charge on any atom is -0.0936 e. The Hall–Kier alpha value is -1.56. The van der Waals surface area contributed by atoms with Crippen molar-refractivity contribution in [2.45, 2.75) is 9.79 Å². The van der Waals surface area contributed by atoms with Crippen LogP contribution in [-0.2, 0) is 0 Å². The van der Waals surface area contributed by atoms with E-state index < -0.39 is 41.9 Å². The minimum absolute atomic E-state index is 0.274. The van der Waals surface area contributed by atoms with E-state index in [0.717, 1.165) is 12.1 Å². The van der Waals surface area contributed by atoms with Gasteiger partial charge < -0.3 is 0 Å². The molecule has 0 saturated heterocycles. The Morgan fingerprint density at radius 3 is 1.17 bits per heavy atom. The average molecular weight is 406 g/mol. The third kappa shape index (κ3) is 4.29. The number of halogens is 10. The van der Waals surface area contributed by atoms with Crippen molar-refractivity contribution in [1.82, 2.24) is 0 Å². The smallest absolute Gasteiger partial charge is 0.0936 e. The Bertz CT molecular complexity index is 757. The van der Waals surface area contributed by atoms with E-state index in [-0.39, 0.29) is 17.7 Å². The predicted molar refractivity (Wildman–Crippen MR) is 74.7 cm³/mol. The molecule has 0 radical (unpaired) electrons. The summed E-state index contributed by atoms with van der Waals surface area (Å²) in [6.45, 7) is 0. The van der Waals surface area contributed by atoms with Gasteiger partial charge in [0.2, 0.25) is 0 Å². The van der Waals surface area contributed by atoms with E-state index in [2.05, 4.69) is 0 Å². The first-order chi connectivity index (χ1) is 10.2. The fourth-order valence-electron chi connectivity index (χ4n) is 1.81. The van der Waals surface area contributed by atoms with E-state index in [1.54, 1.807) is 0 Å². The number of hydrogen-bond acceptors (Lipinski definition) is 0. The lowest BCUT2D eigenvalue weighted by molar-refractivity contribution is 0.360. The summed E-state index contributed by atoms with van der Waals surface area (Å²) in [7, 11) is -21.2. The first kappa shape index (κ1) is 18.8. The van der Waals surface area contributed by atoms with Crippen molar-refractivity contribution >= 4 is 20.4 Å². The predicted octanol–water partition coefficient (Wildman–Crippen LogP) is 8.67. The Balaban J connectivity index is 2.92. The van der Waals surface area contributed by atoms with Crippen LogP contribution in [0.4, 0.5) is 38.9 Å². The van der Waals surface area contributed by atoms with E-state index in [1.165, 1.54) is 18.2 Å². The van der Waals surface area contributed by atoms with Crippen molar-refractivity contribution in [3.8, 4) is 11.1 Å². The lowest BCUT2D eigenvalue weighted by atomic mass is 10.1. The molecule has 0 aliphatic heterocycles. The summed E-state index contributed by atoms with van der Waals surface area (Å²) in [4.78, 5) is -6.06. The molecule has 0 N–H and O–H groups in total. The number of hydrogen-bond donors (Lipinski definition) is 0. The topological polar surface area (TPSA) is 0 Å². The zero-order chi connectivity index (χ0) is 18.8. The molecular weight excluding hydrogens is 398 g/mol. The maximum absolute atomic E-state index is 12.9. The highest BCUT2D eigenvalue weighted by atomic mass is 32.5. The van der Waals surface area contributed by atoms with Crippen LogP contribution in [0.25, 0.3) is 11.1 Å². The van der Waals surface area contributed by atoms with Gasteiger partial charge in [-0.25, -0.2) is 0 Å². The second-order valence-electron chi connectivity index (χ2n) is 5.00. The second-order valence-corrected chi connectivity index (χ2v) is 9.82. The van der Waals surface area contributed by atoms with Gasteiger partial charge in [-0.1, -0.05) is 69.2 Å². The lowest BCUT2D eigenvalue weighted by Crippen LogP contribution is -2.11. The van der Waals surface area contributed by atoms with Crippen LogP contribution in [-0.4, -0.2) is 0 Å². The molecule has 0 aliphatic carbocycles. The second kappa shape index (κ2) is 3.82. The first-order valence-electron chi connectivity index (χ1n) is 5.84. The van der Waals surface area contributed by atoms with E-state index in [1.807, 2.05) is 0 Å². The normalized spacial score (nSPS) is 18.9. The van der Waals surface area contributed by atoms with E-state index in [0.29, 0.717) is 0 Å². The van der Waals surface area contributed by atoms with Crippen molar-refractivity contribution in [1.29, 1.82) is 0 Å². The monoisotopic (exact) mass is 406 g/mol. The van der Waals surface area contributed by atoms with Crippen LogP contribution in [0, 0.1) is 0 Å². The average Bonchev–Trinajstić information content (AvgIpc) is 2.34. The van der Waals surface area contributed by atoms with Gasteiger partial charge in [0.25, 0.3) is 0 Å². The third-order valence-corrected chi connectivity index (χ3v) is 5.13.